The van der Waals surface area contributed by atoms with Crippen molar-refractivity contribution in [1.29, 1.82) is 0 Å². The molecule has 5 nitrogen and oxygen atoms in total. The summed E-state index contributed by atoms with van der Waals surface area (Å²) in [7, 11) is 0. The second-order valence-electron chi connectivity index (χ2n) is 8.27. The van der Waals surface area contributed by atoms with Gasteiger partial charge in [0.1, 0.15) is 10.8 Å². The minimum absolute atomic E-state index is 0.0936. The molecule has 3 aromatic heterocycles. The molecule has 3 heterocycles. The van der Waals surface area contributed by atoms with E-state index in [2.05, 4.69) is 20.6 Å². The highest BCUT2D eigenvalue weighted by Gasteiger charge is 2.29. The molecule has 0 aliphatic heterocycles. The molecule has 1 amide bonds. The molecule has 1 aromatic carbocycles. The number of anilines is 2. The Hall–Kier alpha value is -3.51. The third-order valence-electron chi connectivity index (χ3n) is 5.93. The zero-order valence-corrected chi connectivity index (χ0v) is 19.4. The lowest BCUT2D eigenvalue weighted by Gasteiger charge is -2.23. The maximum Gasteiger partial charge on any atom is 0.256 e. The van der Waals surface area contributed by atoms with E-state index in [4.69, 9.17) is 0 Å². The summed E-state index contributed by atoms with van der Waals surface area (Å²) in [5.74, 6) is 0.700. The Morgan fingerprint density at radius 1 is 0.970 bits per heavy atom. The lowest BCUT2D eigenvalue weighted by atomic mass is 9.91. The Morgan fingerprint density at radius 2 is 1.79 bits per heavy atom. The number of nitrogens with one attached hydrogen (secondary N) is 2. The molecular formula is C27H26N4OS. The maximum absolute atomic E-state index is 13.1. The molecule has 1 unspecified atom stereocenters. The van der Waals surface area contributed by atoms with Crippen LogP contribution in [0.4, 0.5) is 10.8 Å². The molecule has 6 heteroatoms. The number of thiophene rings is 1. The van der Waals surface area contributed by atoms with E-state index < -0.39 is 0 Å². The molecule has 166 valence electrons. The van der Waals surface area contributed by atoms with Gasteiger partial charge in [0.05, 0.1) is 11.7 Å². The Bertz CT molecular complexity index is 1250. The Morgan fingerprint density at radius 3 is 2.58 bits per heavy atom. The molecule has 5 rings (SSSR count). The van der Waals surface area contributed by atoms with E-state index >= 15 is 0 Å². The molecule has 1 atom stereocenters. The number of rotatable bonds is 6. The number of aromatic nitrogens is 2. The summed E-state index contributed by atoms with van der Waals surface area (Å²) in [6.07, 6.45) is 6.20. The van der Waals surface area contributed by atoms with E-state index in [1.54, 1.807) is 11.3 Å². The average Bonchev–Trinajstić information content (AvgIpc) is 3.21. The Balaban J connectivity index is 1.60. The van der Waals surface area contributed by atoms with Crippen LogP contribution in [0.15, 0.2) is 72.9 Å². The first-order valence-corrected chi connectivity index (χ1v) is 12.1. The van der Waals surface area contributed by atoms with Crippen molar-refractivity contribution >= 4 is 28.1 Å². The number of pyridine rings is 2. The molecular weight excluding hydrogens is 428 g/mol. The average molecular weight is 455 g/mol. The summed E-state index contributed by atoms with van der Waals surface area (Å²) in [5, 5.41) is 7.74. The van der Waals surface area contributed by atoms with Crippen molar-refractivity contribution in [1.82, 2.24) is 9.97 Å². The first kappa shape index (κ1) is 21.3. The number of carbonyl (C=O) groups excluding carboxylic acids is 1. The summed E-state index contributed by atoms with van der Waals surface area (Å²) in [4.78, 5) is 23.8. The van der Waals surface area contributed by atoms with Crippen LogP contribution < -0.4 is 10.6 Å². The smallest absolute Gasteiger partial charge is 0.256 e. The summed E-state index contributed by atoms with van der Waals surface area (Å²) >= 11 is 1.70. The first-order chi connectivity index (χ1) is 16.2. The highest BCUT2D eigenvalue weighted by molar-refractivity contribution is 7.16. The van der Waals surface area contributed by atoms with Crippen LogP contribution in [-0.4, -0.2) is 15.9 Å². The predicted octanol–water partition coefficient (Wildman–Crippen LogP) is 6.18. The lowest BCUT2D eigenvalue weighted by molar-refractivity contribution is 0.102. The van der Waals surface area contributed by atoms with Crippen LogP contribution in [0.25, 0.3) is 0 Å². The van der Waals surface area contributed by atoms with Crippen molar-refractivity contribution in [2.75, 3.05) is 10.6 Å². The van der Waals surface area contributed by atoms with Crippen LogP contribution in [0.5, 0.6) is 0 Å². The van der Waals surface area contributed by atoms with Gasteiger partial charge in [0.15, 0.2) is 0 Å². The molecule has 0 fully saturated rings. The fraction of sp³-hybridized carbons (Fsp3) is 0.222. The maximum atomic E-state index is 13.1. The minimum Gasteiger partial charge on any atom is -0.357 e. The van der Waals surface area contributed by atoms with Crippen LogP contribution in [0, 0.1) is 6.92 Å². The highest BCUT2D eigenvalue weighted by atomic mass is 32.1. The van der Waals surface area contributed by atoms with Crippen molar-refractivity contribution in [2.24, 2.45) is 0 Å². The van der Waals surface area contributed by atoms with Crippen molar-refractivity contribution in [2.45, 2.75) is 38.6 Å². The van der Waals surface area contributed by atoms with Crippen molar-refractivity contribution in [3.05, 3.63) is 106 Å². The zero-order valence-electron chi connectivity index (χ0n) is 18.5. The minimum atomic E-state index is -0.218. The standard InChI is InChI=1S/C27H26N4OS/c1-18-10-9-16-23(29-18)30-25(21-14-7-8-17-28-21)24-20-13-5-6-15-22(20)33-27(24)31-26(32)19-11-3-2-4-12-19/h2-4,7-12,14,16-17,25H,5-6,13,15H2,1H3,(H,29,30)(H,31,32). The fourth-order valence-electron chi connectivity index (χ4n) is 4.37. The van der Waals surface area contributed by atoms with Gasteiger partial charge in [0, 0.05) is 27.9 Å². The van der Waals surface area contributed by atoms with Gasteiger partial charge in [-0.25, -0.2) is 4.98 Å². The van der Waals surface area contributed by atoms with Gasteiger partial charge in [0.25, 0.3) is 5.91 Å². The van der Waals surface area contributed by atoms with E-state index in [1.165, 1.54) is 16.9 Å². The molecule has 33 heavy (non-hydrogen) atoms. The van der Waals surface area contributed by atoms with Crippen LogP contribution in [0.2, 0.25) is 0 Å². The monoisotopic (exact) mass is 454 g/mol. The largest absolute Gasteiger partial charge is 0.357 e. The molecule has 1 aliphatic carbocycles. The molecule has 0 saturated carbocycles. The van der Waals surface area contributed by atoms with Crippen molar-refractivity contribution < 1.29 is 4.79 Å². The Labute approximate surface area is 197 Å². The second kappa shape index (κ2) is 9.55. The highest BCUT2D eigenvalue weighted by Crippen LogP contribution is 2.44. The van der Waals surface area contributed by atoms with Crippen molar-refractivity contribution in [3.63, 3.8) is 0 Å². The second-order valence-corrected chi connectivity index (χ2v) is 9.38. The van der Waals surface area contributed by atoms with Crippen LogP contribution >= 0.6 is 11.3 Å². The van der Waals surface area contributed by atoms with E-state index in [0.29, 0.717) is 5.56 Å². The number of amides is 1. The van der Waals surface area contributed by atoms with E-state index in [-0.39, 0.29) is 11.9 Å². The molecule has 0 saturated heterocycles. The number of carbonyl (C=O) groups is 1. The van der Waals surface area contributed by atoms with Crippen LogP contribution in [0.1, 0.15) is 56.6 Å². The quantitative estimate of drug-likeness (QED) is 0.365. The van der Waals surface area contributed by atoms with Gasteiger partial charge >= 0.3 is 0 Å². The van der Waals surface area contributed by atoms with Gasteiger partial charge < -0.3 is 10.6 Å². The molecule has 0 bridgehead atoms. The molecule has 1 aliphatic rings. The topological polar surface area (TPSA) is 66.9 Å². The van der Waals surface area contributed by atoms with Gasteiger partial charge in [-0.3, -0.25) is 9.78 Å². The van der Waals surface area contributed by atoms with Gasteiger partial charge in [-0.1, -0.05) is 30.3 Å². The number of hydrogen-bond donors (Lipinski definition) is 2. The Kier molecular flexibility index (Phi) is 6.17. The third-order valence-corrected chi connectivity index (χ3v) is 7.15. The van der Waals surface area contributed by atoms with E-state index in [0.717, 1.165) is 47.0 Å². The summed E-state index contributed by atoms with van der Waals surface area (Å²) in [6, 6.07) is 21.1. The normalized spacial score (nSPS) is 13.7. The fourth-order valence-corrected chi connectivity index (χ4v) is 5.69. The first-order valence-electron chi connectivity index (χ1n) is 11.3. The van der Waals surface area contributed by atoms with E-state index in [9.17, 15) is 4.79 Å². The molecule has 0 spiro atoms. The number of hydrogen-bond acceptors (Lipinski definition) is 5. The zero-order chi connectivity index (χ0) is 22.6. The van der Waals surface area contributed by atoms with Gasteiger partial charge in [0.2, 0.25) is 0 Å². The van der Waals surface area contributed by atoms with Crippen LogP contribution in [0.3, 0.4) is 0 Å². The van der Waals surface area contributed by atoms with E-state index in [1.807, 2.05) is 79.9 Å². The number of nitrogens with zero attached hydrogens (tertiary/aromatic N) is 2. The summed E-state index contributed by atoms with van der Waals surface area (Å²) in [6.45, 7) is 1.99. The molecule has 2 N–H and O–H groups in total. The third kappa shape index (κ3) is 4.66. The van der Waals surface area contributed by atoms with Crippen molar-refractivity contribution in [3.8, 4) is 0 Å². The summed E-state index contributed by atoms with van der Waals surface area (Å²) < 4.78 is 0. The number of benzene rings is 1. The van der Waals surface area contributed by atoms with Gasteiger partial charge in [-0.05, 0) is 74.6 Å². The lowest BCUT2D eigenvalue weighted by Crippen LogP contribution is -2.19. The molecule has 0 radical (unpaired) electrons. The number of aryl methyl sites for hydroxylation is 2. The van der Waals surface area contributed by atoms with Gasteiger partial charge in [-0.2, -0.15) is 0 Å². The number of fused-ring (bicyclic) bond motifs is 1. The van der Waals surface area contributed by atoms with Gasteiger partial charge in [-0.15, -0.1) is 11.3 Å². The van der Waals surface area contributed by atoms with Crippen LogP contribution in [-0.2, 0) is 12.8 Å². The SMILES string of the molecule is Cc1cccc(NC(c2ccccn2)c2c(NC(=O)c3ccccc3)sc3c2CCCC3)n1. The predicted molar refractivity (Wildman–Crippen MR) is 134 cm³/mol. The summed E-state index contributed by atoms with van der Waals surface area (Å²) in [5.41, 5.74) is 4.95. The molecule has 4 aromatic rings.